The molecule has 0 spiro atoms. The molecule has 2 N–H and O–H groups in total. The number of likely N-dealkylation sites (N-methyl/N-ethyl adjacent to an activating group) is 1. The van der Waals surface area contributed by atoms with E-state index in [0.717, 1.165) is 26.1 Å². The second kappa shape index (κ2) is 13.5. The van der Waals surface area contributed by atoms with Crippen LogP contribution < -0.4 is 10.6 Å². The van der Waals surface area contributed by atoms with Crippen molar-refractivity contribution in [1.82, 2.24) is 10.6 Å². The fourth-order valence-electron chi connectivity index (χ4n) is 1.80. The lowest BCUT2D eigenvalue weighted by Gasteiger charge is -2.05. The van der Waals surface area contributed by atoms with Gasteiger partial charge < -0.3 is 10.6 Å². The fraction of sp³-hybridized carbons (Fsp3) is 0.929. The molecule has 0 atom stereocenters. The van der Waals surface area contributed by atoms with Gasteiger partial charge in [-0.15, -0.1) is 0 Å². The monoisotopic (exact) mass is 242 g/mol. The van der Waals surface area contributed by atoms with E-state index < -0.39 is 0 Å². The fourth-order valence-corrected chi connectivity index (χ4v) is 1.80. The van der Waals surface area contributed by atoms with Crippen LogP contribution in [0.5, 0.6) is 0 Å². The molecule has 0 saturated heterocycles. The molecule has 3 heteroatoms. The van der Waals surface area contributed by atoms with Crippen LogP contribution in [0.2, 0.25) is 0 Å². The number of unbranched alkanes of at least 4 members (excludes halogenated alkanes) is 6. The van der Waals surface area contributed by atoms with Crippen LogP contribution in [0, 0.1) is 0 Å². The molecule has 0 aromatic heterocycles. The molecule has 0 fully saturated rings. The zero-order valence-corrected chi connectivity index (χ0v) is 11.7. The maximum Gasteiger partial charge on any atom is 0.220 e. The van der Waals surface area contributed by atoms with Crippen molar-refractivity contribution >= 4 is 5.91 Å². The molecule has 0 heterocycles. The molecule has 0 aliphatic carbocycles. The van der Waals surface area contributed by atoms with Crippen LogP contribution in [-0.4, -0.2) is 25.5 Å². The van der Waals surface area contributed by atoms with Gasteiger partial charge in [0.25, 0.3) is 0 Å². The highest BCUT2D eigenvalue weighted by atomic mass is 16.1. The Bertz CT molecular complexity index is 172. The Kier molecular flexibility index (Phi) is 13.0. The predicted molar refractivity (Wildman–Crippen MR) is 74.2 cm³/mol. The first kappa shape index (κ1) is 16.4. The number of carbonyl (C=O) groups is 1. The Labute approximate surface area is 107 Å². The van der Waals surface area contributed by atoms with Crippen molar-refractivity contribution in [3.8, 4) is 0 Å². The molecule has 0 aromatic carbocycles. The minimum absolute atomic E-state index is 0.205. The highest BCUT2D eigenvalue weighted by Gasteiger charge is 1.99. The summed E-state index contributed by atoms with van der Waals surface area (Å²) in [5.74, 6) is 0.205. The van der Waals surface area contributed by atoms with E-state index in [1.165, 1.54) is 38.5 Å². The molecule has 102 valence electrons. The lowest BCUT2D eigenvalue weighted by molar-refractivity contribution is -0.121. The van der Waals surface area contributed by atoms with Gasteiger partial charge in [-0.2, -0.15) is 0 Å². The van der Waals surface area contributed by atoms with Crippen molar-refractivity contribution in [2.24, 2.45) is 0 Å². The van der Waals surface area contributed by atoms with Crippen molar-refractivity contribution in [1.29, 1.82) is 0 Å². The molecule has 0 bridgehead atoms. The Morgan fingerprint density at radius 2 is 1.53 bits per heavy atom. The highest BCUT2D eigenvalue weighted by molar-refractivity contribution is 5.75. The van der Waals surface area contributed by atoms with Crippen LogP contribution in [0.4, 0.5) is 0 Å². The van der Waals surface area contributed by atoms with Gasteiger partial charge in [-0.25, -0.2) is 0 Å². The maximum atomic E-state index is 11.4. The van der Waals surface area contributed by atoms with Gasteiger partial charge in [-0.1, -0.05) is 52.4 Å². The number of amides is 1. The quantitative estimate of drug-likeness (QED) is 0.517. The van der Waals surface area contributed by atoms with Crippen molar-refractivity contribution in [3.63, 3.8) is 0 Å². The van der Waals surface area contributed by atoms with Crippen LogP contribution >= 0.6 is 0 Å². The third-order valence-corrected chi connectivity index (χ3v) is 2.88. The standard InChI is InChI=1S/C14H30N2O/c1-3-5-6-7-8-9-10-11-14(17)16-13-12-15-4-2/h15H,3-13H2,1-2H3,(H,16,17). The first-order valence-electron chi connectivity index (χ1n) is 7.28. The molecule has 0 aliphatic heterocycles. The Hall–Kier alpha value is -0.570. The summed E-state index contributed by atoms with van der Waals surface area (Å²) in [4.78, 5) is 11.4. The lowest BCUT2D eigenvalue weighted by atomic mass is 10.1. The summed E-state index contributed by atoms with van der Waals surface area (Å²) in [5.41, 5.74) is 0. The van der Waals surface area contributed by atoms with E-state index in [4.69, 9.17) is 0 Å². The van der Waals surface area contributed by atoms with Gasteiger partial charge in [0.2, 0.25) is 5.91 Å². The van der Waals surface area contributed by atoms with Crippen LogP contribution in [0.15, 0.2) is 0 Å². The number of carbonyl (C=O) groups excluding carboxylic acids is 1. The number of hydrogen-bond donors (Lipinski definition) is 2. The summed E-state index contributed by atoms with van der Waals surface area (Å²) < 4.78 is 0. The molecule has 0 aromatic rings. The van der Waals surface area contributed by atoms with E-state index in [-0.39, 0.29) is 5.91 Å². The topological polar surface area (TPSA) is 41.1 Å². The normalized spacial score (nSPS) is 10.5. The Morgan fingerprint density at radius 3 is 2.18 bits per heavy atom. The molecule has 0 aliphatic rings. The predicted octanol–water partition coefficient (Wildman–Crippen LogP) is 2.85. The lowest BCUT2D eigenvalue weighted by Crippen LogP contribution is -2.31. The zero-order valence-electron chi connectivity index (χ0n) is 11.7. The van der Waals surface area contributed by atoms with E-state index in [9.17, 15) is 4.79 Å². The van der Waals surface area contributed by atoms with E-state index in [1.54, 1.807) is 0 Å². The molecular weight excluding hydrogens is 212 g/mol. The van der Waals surface area contributed by atoms with Crippen LogP contribution in [0.25, 0.3) is 0 Å². The van der Waals surface area contributed by atoms with Crippen molar-refractivity contribution in [2.45, 2.75) is 65.2 Å². The molecule has 0 saturated carbocycles. The van der Waals surface area contributed by atoms with Crippen molar-refractivity contribution in [2.75, 3.05) is 19.6 Å². The minimum Gasteiger partial charge on any atom is -0.355 e. The molecule has 0 rings (SSSR count). The first-order valence-corrected chi connectivity index (χ1v) is 7.28. The van der Waals surface area contributed by atoms with Crippen LogP contribution in [0.3, 0.4) is 0 Å². The number of rotatable bonds is 12. The molecule has 1 amide bonds. The average Bonchev–Trinajstić information content (AvgIpc) is 2.33. The minimum atomic E-state index is 0.205. The number of nitrogens with one attached hydrogen (secondary N) is 2. The second-order valence-electron chi connectivity index (χ2n) is 4.57. The first-order chi connectivity index (χ1) is 8.31. The summed E-state index contributed by atoms with van der Waals surface area (Å²) in [6, 6.07) is 0. The largest absolute Gasteiger partial charge is 0.355 e. The van der Waals surface area contributed by atoms with E-state index in [0.29, 0.717) is 6.42 Å². The third-order valence-electron chi connectivity index (χ3n) is 2.88. The molecule has 17 heavy (non-hydrogen) atoms. The smallest absolute Gasteiger partial charge is 0.220 e. The zero-order chi connectivity index (χ0) is 12.8. The van der Waals surface area contributed by atoms with Gasteiger partial charge in [-0.3, -0.25) is 4.79 Å². The summed E-state index contributed by atoms with van der Waals surface area (Å²) in [7, 11) is 0. The van der Waals surface area contributed by atoms with E-state index >= 15 is 0 Å². The van der Waals surface area contributed by atoms with Crippen LogP contribution in [-0.2, 0) is 4.79 Å². The summed E-state index contributed by atoms with van der Waals surface area (Å²) in [6.07, 6.45) is 9.55. The van der Waals surface area contributed by atoms with E-state index in [1.807, 2.05) is 0 Å². The summed E-state index contributed by atoms with van der Waals surface area (Å²) in [6.45, 7) is 6.90. The van der Waals surface area contributed by atoms with Crippen molar-refractivity contribution < 1.29 is 4.79 Å². The van der Waals surface area contributed by atoms with Crippen molar-refractivity contribution in [3.05, 3.63) is 0 Å². The number of hydrogen-bond acceptors (Lipinski definition) is 2. The molecule has 0 radical (unpaired) electrons. The third kappa shape index (κ3) is 13.4. The SMILES string of the molecule is CCCCCCCCCC(=O)NCCNCC. The Balaban J connectivity index is 3.11. The summed E-state index contributed by atoms with van der Waals surface area (Å²) in [5, 5.41) is 6.11. The van der Waals surface area contributed by atoms with Gasteiger partial charge >= 0.3 is 0 Å². The van der Waals surface area contributed by atoms with Gasteiger partial charge in [0.15, 0.2) is 0 Å². The summed E-state index contributed by atoms with van der Waals surface area (Å²) >= 11 is 0. The Morgan fingerprint density at radius 1 is 0.882 bits per heavy atom. The molecule has 0 unspecified atom stereocenters. The van der Waals surface area contributed by atoms with Crippen LogP contribution in [0.1, 0.15) is 65.2 Å². The van der Waals surface area contributed by atoms with E-state index in [2.05, 4.69) is 24.5 Å². The second-order valence-corrected chi connectivity index (χ2v) is 4.57. The molecular formula is C14H30N2O. The van der Waals surface area contributed by atoms with Gasteiger partial charge in [-0.05, 0) is 13.0 Å². The highest BCUT2D eigenvalue weighted by Crippen LogP contribution is 2.08. The average molecular weight is 242 g/mol. The van der Waals surface area contributed by atoms with Gasteiger partial charge in [0, 0.05) is 19.5 Å². The van der Waals surface area contributed by atoms with Gasteiger partial charge in [0.05, 0.1) is 0 Å². The van der Waals surface area contributed by atoms with Gasteiger partial charge in [0.1, 0.15) is 0 Å². The molecule has 3 nitrogen and oxygen atoms in total. The maximum absolute atomic E-state index is 11.4.